The Morgan fingerprint density at radius 2 is 2.26 bits per heavy atom. The lowest BCUT2D eigenvalue weighted by atomic mass is 10.2. The van der Waals surface area contributed by atoms with Crippen LogP contribution in [0, 0.1) is 0 Å². The van der Waals surface area contributed by atoms with E-state index in [2.05, 4.69) is 4.72 Å². The number of rotatable bonds is 5. The number of carboxylic acid groups (broad SMARTS) is 1. The molecule has 1 aromatic carbocycles. The molecule has 19 heavy (non-hydrogen) atoms. The second kappa shape index (κ2) is 5.68. The molecular formula is C12H15NO5S. The molecule has 104 valence electrons. The number of carbonyl (C=O) groups is 1. The number of hydrogen-bond donors (Lipinski definition) is 2. The Morgan fingerprint density at radius 1 is 1.47 bits per heavy atom. The first-order chi connectivity index (χ1) is 8.99. The fourth-order valence-electron chi connectivity index (χ4n) is 1.89. The molecule has 1 aliphatic rings. The summed E-state index contributed by atoms with van der Waals surface area (Å²) in [4.78, 5) is 10.8. The van der Waals surface area contributed by atoms with Crippen LogP contribution in [0.5, 0.6) is 0 Å². The molecule has 0 bridgehead atoms. The van der Waals surface area contributed by atoms with Gasteiger partial charge in [0.1, 0.15) is 0 Å². The van der Waals surface area contributed by atoms with E-state index in [-0.39, 0.29) is 23.1 Å². The average molecular weight is 285 g/mol. The molecule has 0 aromatic heterocycles. The minimum Gasteiger partial charge on any atom is -0.478 e. The van der Waals surface area contributed by atoms with Gasteiger partial charge in [-0.2, -0.15) is 0 Å². The summed E-state index contributed by atoms with van der Waals surface area (Å²) in [6.45, 7) is 0.862. The number of sulfonamides is 1. The van der Waals surface area contributed by atoms with Crippen LogP contribution in [0.25, 0.3) is 0 Å². The molecule has 0 saturated carbocycles. The van der Waals surface area contributed by atoms with E-state index < -0.39 is 16.0 Å². The third kappa shape index (κ3) is 3.52. The van der Waals surface area contributed by atoms with E-state index in [9.17, 15) is 13.2 Å². The normalized spacial score (nSPS) is 19.5. The summed E-state index contributed by atoms with van der Waals surface area (Å²) < 4.78 is 31.8. The quantitative estimate of drug-likeness (QED) is 0.836. The van der Waals surface area contributed by atoms with Crippen molar-refractivity contribution in [2.24, 2.45) is 0 Å². The first-order valence-electron chi connectivity index (χ1n) is 5.94. The first kappa shape index (κ1) is 14.0. The van der Waals surface area contributed by atoms with E-state index in [1.165, 1.54) is 18.2 Å². The van der Waals surface area contributed by atoms with Crippen molar-refractivity contribution in [2.45, 2.75) is 23.8 Å². The van der Waals surface area contributed by atoms with Crippen molar-refractivity contribution in [3.05, 3.63) is 29.8 Å². The van der Waals surface area contributed by atoms with E-state index in [1.54, 1.807) is 0 Å². The van der Waals surface area contributed by atoms with Crippen LogP contribution in [-0.4, -0.2) is 38.7 Å². The number of aromatic carboxylic acids is 1. The molecule has 1 atom stereocenters. The van der Waals surface area contributed by atoms with Gasteiger partial charge < -0.3 is 9.84 Å². The molecule has 0 aliphatic carbocycles. The minimum absolute atomic E-state index is 0.0506. The Labute approximate surface area is 111 Å². The van der Waals surface area contributed by atoms with Crippen molar-refractivity contribution >= 4 is 16.0 Å². The highest BCUT2D eigenvalue weighted by molar-refractivity contribution is 7.89. The van der Waals surface area contributed by atoms with Gasteiger partial charge in [-0.15, -0.1) is 0 Å². The molecule has 0 spiro atoms. The smallest absolute Gasteiger partial charge is 0.335 e. The van der Waals surface area contributed by atoms with Gasteiger partial charge in [-0.1, -0.05) is 6.07 Å². The van der Waals surface area contributed by atoms with Crippen LogP contribution >= 0.6 is 0 Å². The molecule has 0 radical (unpaired) electrons. The molecular weight excluding hydrogens is 270 g/mol. The molecule has 2 N–H and O–H groups in total. The molecule has 1 heterocycles. The Bertz CT molecular complexity index is 563. The van der Waals surface area contributed by atoms with Crippen molar-refractivity contribution in [1.82, 2.24) is 4.72 Å². The molecule has 7 heteroatoms. The van der Waals surface area contributed by atoms with Crippen molar-refractivity contribution < 1.29 is 23.1 Å². The van der Waals surface area contributed by atoms with Gasteiger partial charge in [0.05, 0.1) is 16.6 Å². The first-order valence-corrected chi connectivity index (χ1v) is 7.42. The van der Waals surface area contributed by atoms with Crippen molar-refractivity contribution in [3.63, 3.8) is 0 Å². The Balaban J connectivity index is 2.09. The summed E-state index contributed by atoms with van der Waals surface area (Å²) in [5.41, 5.74) is -0.0556. The Kier molecular flexibility index (Phi) is 4.18. The van der Waals surface area contributed by atoms with E-state index in [0.29, 0.717) is 6.61 Å². The largest absolute Gasteiger partial charge is 0.478 e. The number of benzene rings is 1. The van der Waals surface area contributed by atoms with Crippen molar-refractivity contribution in [3.8, 4) is 0 Å². The van der Waals surface area contributed by atoms with Gasteiger partial charge >= 0.3 is 5.97 Å². The van der Waals surface area contributed by atoms with Gasteiger partial charge in [0.25, 0.3) is 0 Å². The lowest BCUT2D eigenvalue weighted by molar-refractivity contribution is 0.0696. The van der Waals surface area contributed by atoms with E-state index in [4.69, 9.17) is 9.84 Å². The SMILES string of the molecule is O=C(O)c1cccc(S(=O)(=O)NC[C@@H]2CCCO2)c1. The molecule has 0 amide bonds. The highest BCUT2D eigenvalue weighted by atomic mass is 32.2. The van der Waals surface area contributed by atoms with Crippen LogP contribution in [0.3, 0.4) is 0 Å². The van der Waals surface area contributed by atoms with Crippen LogP contribution in [0.15, 0.2) is 29.2 Å². The molecule has 1 aliphatic heterocycles. The van der Waals surface area contributed by atoms with Crippen LogP contribution < -0.4 is 4.72 Å². The Morgan fingerprint density at radius 3 is 2.89 bits per heavy atom. The summed E-state index contributed by atoms with van der Waals surface area (Å²) in [6.07, 6.45) is 1.66. The fourth-order valence-corrected chi connectivity index (χ4v) is 3.00. The minimum atomic E-state index is -3.70. The zero-order valence-corrected chi connectivity index (χ0v) is 11.0. The van der Waals surface area contributed by atoms with E-state index in [1.807, 2.05) is 0 Å². The van der Waals surface area contributed by atoms with Gasteiger partial charge in [0, 0.05) is 13.2 Å². The Hall–Kier alpha value is -1.44. The topological polar surface area (TPSA) is 92.7 Å². The summed E-state index contributed by atoms with van der Waals surface area (Å²) in [5, 5.41) is 8.84. The van der Waals surface area contributed by atoms with E-state index >= 15 is 0 Å². The molecule has 1 saturated heterocycles. The zero-order valence-electron chi connectivity index (χ0n) is 10.2. The van der Waals surface area contributed by atoms with Gasteiger partial charge in [-0.3, -0.25) is 0 Å². The highest BCUT2D eigenvalue weighted by Crippen LogP contribution is 2.14. The maximum Gasteiger partial charge on any atom is 0.335 e. The predicted octanol–water partition coefficient (Wildman–Crippen LogP) is 0.842. The molecule has 2 rings (SSSR count). The maximum atomic E-state index is 12.0. The summed E-state index contributed by atoms with van der Waals surface area (Å²) in [5.74, 6) is -1.16. The third-order valence-corrected chi connectivity index (χ3v) is 4.34. The van der Waals surface area contributed by atoms with Crippen LogP contribution in [0.1, 0.15) is 23.2 Å². The van der Waals surface area contributed by atoms with Gasteiger partial charge in [0.2, 0.25) is 10.0 Å². The molecule has 1 fully saturated rings. The van der Waals surface area contributed by atoms with Crippen LogP contribution in [0.2, 0.25) is 0 Å². The predicted molar refractivity (Wildman–Crippen MR) is 67.6 cm³/mol. The average Bonchev–Trinajstić information content (AvgIpc) is 2.90. The second-order valence-electron chi connectivity index (χ2n) is 4.32. The van der Waals surface area contributed by atoms with Gasteiger partial charge in [0.15, 0.2) is 0 Å². The molecule has 0 unspecified atom stereocenters. The second-order valence-corrected chi connectivity index (χ2v) is 6.09. The monoisotopic (exact) mass is 285 g/mol. The lowest BCUT2D eigenvalue weighted by Crippen LogP contribution is -2.31. The van der Waals surface area contributed by atoms with E-state index in [0.717, 1.165) is 18.9 Å². The van der Waals surface area contributed by atoms with Crippen molar-refractivity contribution in [1.29, 1.82) is 0 Å². The lowest BCUT2D eigenvalue weighted by Gasteiger charge is -2.11. The fraction of sp³-hybridized carbons (Fsp3) is 0.417. The number of hydrogen-bond acceptors (Lipinski definition) is 4. The third-order valence-electron chi connectivity index (χ3n) is 2.92. The van der Waals surface area contributed by atoms with Gasteiger partial charge in [-0.05, 0) is 31.0 Å². The molecule has 6 nitrogen and oxygen atoms in total. The number of nitrogens with one attached hydrogen (secondary N) is 1. The number of ether oxygens (including phenoxy) is 1. The summed E-state index contributed by atoms with van der Waals surface area (Å²) in [7, 11) is -3.70. The van der Waals surface area contributed by atoms with Crippen molar-refractivity contribution in [2.75, 3.05) is 13.2 Å². The maximum absolute atomic E-state index is 12.0. The summed E-state index contributed by atoms with van der Waals surface area (Å²) in [6, 6.07) is 5.26. The molecule has 1 aromatic rings. The van der Waals surface area contributed by atoms with Crippen LogP contribution in [-0.2, 0) is 14.8 Å². The standard InChI is InChI=1S/C12H15NO5S/c14-12(15)9-3-1-5-11(7-9)19(16,17)13-8-10-4-2-6-18-10/h1,3,5,7,10,13H,2,4,6,8H2,(H,14,15)/t10-/m0/s1. The highest BCUT2D eigenvalue weighted by Gasteiger charge is 2.20. The van der Waals surface area contributed by atoms with Crippen LogP contribution in [0.4, 0.5) is 0 Å². The summed E-state index contributed by atoms with van der Waals surface area (Å²) >= 11 is 0. The number of carboxylic acids is 1. The zero-order chi connectivity index (χ0) is 13.9. The van der Waals surface area contributed by atoms with Gasteiger partial charge in [-0.25, -0.2) is 17.9 Å².